The van der Waals surface area contributed by atoms with Gasteiger partial charge in [-0.15, -0.1) is 0 Å². The van der Waals surface area contributed by atoms with Gasteiger partial charge in [-0.05, 0) is 49.1 Å². The third-order valence-corrected chi connectivity index (χ3v) is 7.44. The van der Waals surface area contributed by atoms with Crippen molar-refractivity contribution >= 4 is 28.6 Å². The zero-order valence-corrected chi connectivity index (χ0v) is 20.2. The molecule has 4 aromatic rings. The van der Waals surface area contributed by atoms with E-state index in [9.17, 15) is 9.59 Å². The minimum atomic E-state index is -0.359. The summed E-state index contributed by atoms with van der Waals surface area (Å²) >= 11 is 1.37. The first-order valence-electron chi connectivity index (χ1n) is 11.6. The molecule has 0 aliphatic carbocycles. The first kappa shape index (κ1) is 22.4. The second-order valence-electron chi connectivity index (χ2n) is 8.83. The molecule has 0 bridgehead atoms. The van der Waals surface area contributed by atoms with E-state index in [-0.39, 0.29) is 16.7 Å². The van der Waals surface area contributed by atoms with Gasteiger partial charge >= 0.3 is 0 Å². The fourth-order valence-electron chi connectivity index (χ4n) is 4.40. The number of carbonyl (C=O) groups excluding carboxylic acids is 1. The van der Waals surface area contributed by atoms with Crippen molar-refractivity contribution in [2.24, 2.45) is 0 Å². The Labute approximate surface area is 203 Å². The Morgan fingerprint density at radius 3 is 2.50 bits per heavy atom. The van der Waals surface area contributed by atoms with E-state index in [0.717, 1.165) is 12.0 Å². The van der Waals surface area contributed by atoms with E-state index in [4.69, 9.17) is 4.98 Å². The van der Waals surface area contributed by atoms with Gasteiger partial charge in [-0.2, -0.15) is 0 Å². The van der Waals surface area contributed by atoms with E-state index in [0.29, 0.717) is 35.7 Å². The van der Waals surface area contributed by atoms with Crippen molar-refractivity contribution in [3.8, 4) is 0 Å². The van der Waals surface area contributed by atoms with Gasteiger partial charge in [0.2, 0.25) is 5.91 Å². The SMILES string of the molecule is Cc1ccc(Cn2c(SC(C)C(=O)N3CCc4ccccc4C3)nc3ccccc3c2=O)cc1. The fourth-order valence-corrected chi connectivity index (χ4v) is 5.39. The average molecular weight is 470 g/mol. The van der Waals surface area contributed by atoms with Crippen molar-refractivity contribution in [3.05, 3.63) is 105 Å². The molecule has 2 heterocycles. The maximum atomic E-state index is 13.4. The van der Waals surface area contributed by atoms with Gasteiger partial charge in [0.05, 0.1) is 22.7 Å². The van der Waals surface area contributed by atoms with E-state index in [1.54, 1.807) is 4.57 Å². The van der Waals surface area contributed by atoms with E-state index >= 15 is 0 Å². The van der Waals surface area contributed by atoms with Gasteiger partial charge in [0, 0.05) is 13.1 Å². The molecule has 6 heteroatoms. The molecule has 0 saturated carbocycles. The van der Waals surface area contributed by atoms with Gasteiger partial charge in [-0.1, -0.05) is 78.0 Å². The van der Waals surface area contributed by atoms with Crippen molar-refractivity contribution in [3.63, 3.8) is 0 Å². The number of aromatic nitrogens is 2. The monoisotopic (exact) mass is 469 g/mol. The Hall–Kier alpha value is -3.38. The van der Waals surface area contributed by atoms with Gasteiger partial charge in [0.15, 0.2) is 5.16 Å². The Kier molecular flexibility index (Phi) is 6.24. The minimum Gasteiger partial charge on any atom is -0.337 e. The van der Waals surface area contributed by atoms with Crippen molar-refractivity contribution in [2.75, 3.05) is 6.54 Å². The molecule has 34 heavy (non-hydrogen) atoms. The van der Waals surface area contributed by atoms with Gasteiger partial charge < -0.3 is 4.90 Å². The average Bonchev–Trinajstić information content (AvgIpc) is 2.86. The molecule has 0 fully saturated rings. The Morgan fingerprint density at radius 2 is 1.71 bits per heavy atom. The summed E-state index contributed by atoms with van der Waals surface area (Å²) in [7, 11) is 0. The number of hydrogen-bond donors (Lipinski definition) is 0. The molecule has 1 amide bonds. The van der Waals surface area contributed by atoms with Crippen LogP contribution in [0, 0.1) is 6.92 Å². The zero-order chi connectivity index (χ0) is 23.7. The molecule has 1 unspecified atom stereocenters. The molecule has 1 atom stereocenters. The van der Waals surface area contributed by atoms with Gasteiger partial charge in [0.25, 0.3) is 5.56 Å². The summed E-state index contributed by atoms with van der Waals surface area (Å²) in [5.41, 5.74) is 5.29. The standard InChI is InChI=1S/C28H27N3O2S/c1-19-11-13-21(14-12-19)17-31-27(33)24-9-5-6-10-25(24)29-28(31)34-20(2)26(32)30-16-15-22-7-3-4-8-23(22)18-30/h3-14,20H,15-18H2,1-2H3. The van der Waals surface area contributed by atoms with E-state index < -0.39 is 0 Å². The van der Waals surface area contributed by atoms with Crippen LogP contribution in [0.3, 0.4) is 0 Å². The van der Waals surface area contributed by atoms with Crippen LogP contribution >= 0.6 is 11.8 Å². The summed E-state index contributed by atoms with van der Waals surface area (Å²) in [6.45, 7) is 5.70. The lowest BCUT2D eigenvalue weighted by Crippen LogP contribution is -2.40. The predicted octanol–water partition coefficient (Wildman–Crippen LogP) is 4.82. The van der Waals surface area contributed by atoms with Crippen LogP contribution in [0.2, 0.25) is 0 Å². The molecule has 1 aliphatic rings. The molecule has 0 N–H and O–H groups in total. The third-order valence-electron chi connectivity index (χ3n) is 6.36. The summed E-state index contributed by atoms with van der Waals surface area (Å²) in [6, 6.07) is 23.9. The lowest BCUT2D eigenvalue weighted by molar-refractivity contribution is -0.131. The van der Waals surface area contributed by atoms with Gasteiger partial charge in [0.1, 0.15) is 0 Å². The first-order chi connectivity index (χ1) is 16.5. The molecule has 5 rings (SSSR count). The summed E-state index contributed by atoms with van der Waals surface area (Å²) in [6.07, 6.45) is 0.867. The quantitative estimate of drug-likeness (QED) is 0.311. The zero-order valence-electron chi connectivity index (χ0n) is 19.4. The lowest BCUT2D eigenvalue weighted by atomic mass is 10.00. The topological polar surface area (TPSA) is 55.2 Å². The van der Waals surface area contributed by atoms with Crippen molar-refractivity contribution in [1.29, 1.82) is 0 Å². The minimum absolute atomic E-state index is 0.0730. The summed E-state index contributed by atoms with van der Waals surface area (Å²) in [4.78, 5) is 33.5. The molecule has 1 aliphatic heterocycles. The number of rotatable bonds is 5. The van der Waals surface area contributed by atoms with Gasteiger partial charge in [-0.25, -0.2) is 4.98 Å². The largest absolute Gasteiger partial charge is 0.337 e. The van der Waals surface area contributed by atoms with E-state index in [2.05, 4.69) is 12.1 Å². The number of hydrogen-bond acceptors (Lipinski definition) is 4. The van der Waals surface area contributed by atoms with Gasteiger partial charge in [-0.3, -0.25) is 14.2 Å². The lowest BCUT2D eigenvalue weighted by Gasteiger charge is -2.30. The highest BCUT2D eigenvalue weighted by Crippen LogP contribution is 2.27. The molecule has 3 aromatic carbocycles. The highest BCUT2D eigenvalue weighted by atomic mass is 32.2. The molecule has 1 aromatic heterocycles. The van der Waals surface area contributed by atoms with Crippen LogP contribution in [0.15, 0.2) is 82.7 Å². The van der Waals surface area contributed by atoms with Crippen LogP contribution in [0.1, 0.15) is 29.2 Å². The maximum absolute atomic E-state index is 13.4. The molecule has 172 valence electrons. The number of carbonyl (C=O) groups is 1. The number of amides is 1. The third kappa shape index (κ3) is 4.50. The van der Waals surface area contributed by atoms with Crippen LogP contribution in [0.25, 0.3) is 10.9 Å². The second-order valence-corrected chi connectivity index (χ2v) is 10.1. The first-order valence-corrected chi connectivity index (χ1v) is 12.4. The maximum Gasteiger partial charge on any atom is 0.262 e. The molecular formula is C28H27N3O2S. The number of para-hydroxylation sites is 1. The number of aryl methyl sites for hydroxylation is 1. The van der Waals surface area contributed by atoms with Crippen molar-refractivity contribution in [1.82, 2.24) is 14.5 Å². The Morgan fingerprint density at radius 1 is 1.00 bits per heavy atom. The molecule has 5 nitrogen and oxygen atoms in total. The molecule has 0 radical (unpaired) electrons. The highest BCUT2D eigenvalue weighted by molar-refractivity contribution is 8.00. The Balaban J connectivity index is 1.44. The summed E-state index contributed by atoms with van der Waals surface area (Å²) in [5.74, 6) is 0.0730. The molecule has 0 spiro atoms. The van der Waals surface area contributed by atoms with Crippen LogP contribution in [-0.2, 0) is 24.3 Å². The fraction of sp³-hybridized carbons (Fsp3) is 0.250. The second kappa shape index (κ2) is 9.47. The van der Waals surface area contributed by atoms with Crippen LogP contribution in [-0.4, -0.2) is 32.2 Å². The Bertz CT molecular complexity index is 1410. The van der Waals surface area contributed by atoms with E-state index in [1.807, 2.05) is 79.4 Å². The van der Waals surface area contributed by atoms with Crippen LogP contribution in [0.5, 0.6) is 0 Å². The van der Waals surface area contributed by atoms with Crippen molar-refractivity contribution in [2.45, 2.75) is 43.8 Å². The highest BCUT2D eigenvalue weighted by Gasteiger charge is 2.27. The molecule has 0 saturated heterocycles. The number of nitrogens with zero attached hydrogens (tertiary/aromatic N) is 3. The predicted molar refractivity (Wildman–Crippen MR) is 137 cm³/mol. The number of benzene rings is 3. The normalized spacial score (nSPS) is 14.1. The van der Waals surface area contributed by atoms with Crippen LogP contribution in [0.4, 0.5) is 0 Å². The van der Waals surface area contributed by atoms with E-state index in [1.165, 1.54) is 28.5 Å². The smallest absolute Gasteiger partial charge is 0.262 e. The van der Waals surface area contributed by atoms with Crippen LogP contribution < -0.4 is 5.56 Å². The summed E-state index contributed by atoms with van der Waals surface area (Å²) in [5, 5.41) is 0.802. The van der Waals surface area contributed by atoms with Crippen molar-refractivity contribution < 1.29 is 4.79 Å². The molecular weight excluding hydrogens is 442 g/mol. The number of thioether (sulfide) groups is 1. The number of fused-ring (bicyclic) bond motifs is 2. The summed E-state index contributed by atoms with van der Waals surface area (Å²) < 4.78 is 1.70.